The average Bonchev–Trinajstić information content (AvgIpc) is 2.59. The second kappa shape index (κ2) is 8.23. The Balaban J connectivity index is 1.42. The number of amides is 1. The van der Waals surface area contributed by atoms with Crippen molar-refractivity contribution in [2.45, 2.75) is 13.5 Å². The van der Waals surface area contributed by atoms with E-state index in [0.29, 0.717) is 12.2 Å². The Hall–Kier alpha value is -2.24. The normalized spacial score (nSPS) is 20.2. The zero-order valence-corrected chi connectivity index (χ0v) is 14.6. The Kier molecular flexibility index (Phi) is 5.79. The molecule has 0 saturated carbocycles. The smallest absolute Gasteiger partial charge is 0.279 e. The lowest BCUT2D eigenvalue weighted by Crippen LogP contribution is -3.28. The second-order valence-electron chi connectivity index (χ2n) is 6.90. The highest BCUT2D eigenvalue weighted by Crippen LogP contribution is 2.08. The third-order valence-corrected chi connectivity index (χ3v) is 4.76. The largest absolute Gasteiger partial charge is 0.322 e. The Morgan fingerprint density at radius 3 is 2.40 bits per heavy atom. The molecule has 0 aliphatic carbocycles. The van der Waals surface area contributed by atoms with E-state index in [1.54, 1.807) is 17.0 Å². The number of carbonyl (C=O) groups is 1. The summed E-state index contributed by atoms with van der Waals surface area (Å²) in [4.78, 5) is 15.0. The van der Waals surface area contributed by atoms with Gasteiger partial charge in [-0.15, -0.1) is 0 Å². The van der Waals surface area contributed by atoms with Crippen LogP contribution in [0.4, 0.5) is 10.1 Å². The summed E-state index contributed by atoms with van der Waals surface area (Å²) >= 11 is 0. The van der Waals surface area contributed by atoms with Crippen LogP contribution in [0.25, 0.3) is 0 Å². The molecule has 5 heteroatoms. The van der Waals surface area contributed by atoms with E-state index >= 15 is 0 Å². The molecule has 0 spiro atoms. The van der Waals surface area contributed by atoms with Gasteiger partial charge in [-0.1, -0.05) is 35.9 Å². The summed E-state index contributed by atoms with van der Waals surface area (Å²) in [6.07, 6.45) is 0. The molecular weight excluding hydrogens is 317 g/mol. The van der Waals surface area contributed by atoms with Crippen molar-refractivity contribution in [2.75, 3.05) is 38.0 Å². The summed E-state index contributed by atoms with van der Waals surface area (Å²) in [5, 5.41) is 2.78. The summed E-state index contributed by atoms with van der Waals surface area (Å²) in [5.74, 6) is -0.388. The molecule has 1 saturated heterocycles. The van der Waals surface area contributed by atoms with Crippen molar-refractivity contribution in [1.29, 1.82) is 0 Å². The van der Waals surface area contributed by atoms with E-state index in [1.807, 2.05) is 0 Å². The fourth-order valence-electron chi connectivity index (χ4n) is 3.30. The predicted molar refractivity (Wildman–Crippen MR) is 96.2 cm³/mol. The lowest BCUT2D eigenvalue weighted by molar-refractivity contribution is -1.02. The fourth-order valence-corrected chi connectivity index (χ4v) is 3.30. The van der Waals surface area contributed by atoms with E-state index in [0.717, 1.165) is 32.7 Å². The number of hydrogen-bond donors (Lipinski definition) is 3. The number of carbonyl (C=O) groups excluding carboxylic acids is 1. The predicted octanol–water partition coefficient (Wildman–Crippen LogP) is 0.0562. The number of nitrogens with one attached hydrogen (secondary N) is 3. The van der Waals surface area contributed by atoms with Gasteiger partial charge in [-0.25, -0.2) is 4.39 Å². The zero-order valence-electron chi connectivity index (χ0n) is 14.6. The monoisotopic (exact) mass is 343 g/mol. The highest BCUT2D eigenvalue weighted by molar-refractivity contribution is 5.91. The summed E-state index contributed by atoms with van der Waals surface area (Å²) in [6, 6.07) is 14.8. The summed E-state index contributed by atoms with van der Waals surface area (Å²) in [5.41, 5.74) is 3.18. The van der Waals surface area contributed by atoms with Crippen LogP contribution in [0.1, 0.15) is 11.1 Å². The number of halogens is 1. The molecule has 1 aliphatic rings. The van der Waals surface area contributed by atoms with Crippen LogP contribution >= 0.6 is 0 Å². The standard InChI is InChI=1S/C20H24FN3O/c1-16-5-7-17(8-6-16)14-23-9-11-24(12-10-23)15-20(25)22-19-4-2-3-18(21)13-19/h2-8,13H,9-12,14-15H2,1H3,(H,22,25)/p+2. The SMILES string of the molecule is Cc1ccc(C[NH+]2CC[NH+](CC(=O)Nc3cccc(F)c3)CC2)cc1. The first-order valence-electron chi connectivity index (χ1n) is 8.86. The molecule has 3 N–H and O–H groups in total. The van der Waals surface area contributed by atoms with Crippen molar-refractivity contribution in [3.63, 3.8) is 0 Å². The molecule has 0 aromatic heterocycles. The molecular formula is C20H26FN3O+2. The van der Waals surface area contributed by atoms with Gasteiger partial charge in [0.1, 0.15) is 38.5 Å². The Bertz CT molecular complexity index is 709. The molecule has 0 unspecified atom stereocenters. The van der Waals surface area contributed by atoms with Gasteiger partial charge in [0, 0.05) is 11.3 Å². The quantitative estimate of drug-likeness (QED) is 0.706. The number of hydrogen-bond acceptors (Lipinski definition) is 1. The van der Waals surface area contributed by atoms with Gasteiger partial charge < -0.3 is 15.1 Å². The van der Waals surface area contributed by atoms with Gasteiger partial charge in [-0.05, 0) is 25.1 Å². The lowest BCUT2D eigenvalue weighted by atomic mass is 10.1. The van der Waals surface area contributed by atoms with E-state index in [1.165, 1.54) is 28.2 Å². The van der Waals surface area contributed by atoms with Crippen molar-refractivity contribution >= 4 is 11.6 Å². The Labute approximate surface area is 148 Å². The summed E-state index contributed by atoms with van der Waals surface area (Å²) in [7, 11) is 0. The van der Waals surface area contributed by atoms with Crippen molar-refractivity contribution in [3.05, 3.63) is 65.5 Å². The number of rotatable bonds is 5. The molecule has 0 atom stereocenters. The first kappa shape index (κ1) is 17.6. The molecule has 1 aliphatic heterocycles. The number of aryl methyl sites for hydroxylation is 1. The molecule has 132 valence electrons. The Morgan fingerprint density at radius 1 is 1.04 bits per heavy atom. The molecule has 2 aromatic carbocycles. The van der Waals surface area contributed by atoms with E-state index in [4.69, 9.17) is 0 Å². The Morgan fingerprint density at radius 2 is 1.72 bits per heavy atom. The number of anilines is 1. The maximum Gasteiger partial charge on any atom is 0.279 e. The van der Waals surface area contributed by atoms with Gasteiger partial charge in [0.05, 0.1) is 0 Å². The molecule has 1 amide bonds. The maximum absolute atomic E-state index is 13.2. The third kappa shape index (κ3) is 5.37. The van der Waals surface area contributed by atoms with Crippen LogP contribution in [0.15, 0.2) is 48.5 Å². The molecule has 2 aromatic rings. The minimum atomic E-state index is -0.335. The number of benzene rings is 2. The molecule has 0 bridgehead atoms. The van der Waals surface area contributed by atoms with Crippen molar-refractivity contribution in [2.24, 2.45) is 0 Å². The first-order chi connectivity index (χ1) is 12.1. The van der Waals surface area contributed by atoms with Crippen molar-refractivity contribution in [3.8, 4) is 0 Å². The van der Waals surface area contributed by atoms with Gasteiger partial charge >= 0.3 is 0 Å². The minimum absolute atomic E-state index is 0.0532. The molecule has 1 fully saturated rings. The van der Waals surface area contributed by atoms with Gasteiger partial charge in [0.2, 0.25) is 0 Å². The van der Waals surface area contributed by atoms with Crippen molar-refractivity contribution < 1.29 is 19.0 Å². The van der Waals surface area contributed by atoms with Crippen LogP contribution < -0.4 is 15.1 Å². The summed E-state index contributed by atoms with van der Waals surface area (Å²) in [6.45, 7) is 7.69. The van der Waals surface area contributed by atoms with E-state index in [2.05, 4.69) is 36.5 Å². The molecule has 3 rings (SSSR count). The van der Waals surface area contributed by atoms with Crippen LogP contribution in [-0.4, -0.2) is 38.6 Å². The van der Waals surface area contributed by atoms with Crippen molar-refractivity contribution in [1.82, 2.24) is 0 Å². The van der Waals surface area contributed by atoms with E-state index in [-0.39, 0.29) is 11.7 Å². The molecule has 4 nitrogen and oxygen atoms in total. The van der Waals surface area contributed by atoms with Gasteiger partial charge in [0.25, 0.3) is 5.91 Å². The lowest BCUT2D eigenvalue weighted by Gasteiger charge is -2.29. The molecule has 1 heterocycles. The van der Waals surface area contributed by atoms with Crippen LogP contribution in [0.5, 0.6) is 0 Å². The third-order valence-electron chi connectivity index (χ3n) is 4.76. The fraction of sp³-hybridized carbons (Fsp3) is 0.350. The molecule has 25 heavy (non-hydrogen) atoms. The zero-order chi connectivity index (χ0) is 17.6. The van der Waals surface area contributed by atoms with E-state index in [9.17, 15) is 9.18 Å². The molecule has 0 radical (unpaired) electrons. The number of piperazine rings is 1. The highest BCUT2D eigenvalue weighted by atomic mass is 19.1. The minimum Gasteiger partial charge on any atom is -0.322 e. The van der Waals surface area contributed by atoms with Crippen LogP contribution in [0, 0.1) is 12.7 Å². The maximum atomic E-state index is 13.2. The van der Waals surface area contributed by atoms with Gasteiger partial charge in [-0.3, -0.25) is 4.79 Å². The number of quaternary nitrogens is 2. The van der Waals surface area contributed by atoms with Crippen LogP contribution in [0.3, 0.4) is 0 Å². The summed E-state index contributed by atoms with van der Waals surface area (Å²) < 4.78 is 13.2. The first-order valence-corrected chi connectivity index (χ1v) is 8.86. The topological polar surface area (TPSA) is 38.0 Å². The van der Waals surface area contributed by atoms with Crippen LogP contribution in [-0.2, 0) is 11.3 Å². The average molecular weight is 343 g/mol. The highest BCUT2D eigenvalue weighted by Gasteiger charge is 2.24. The second-order valence-corrected chi connectivity index (χ2v) is 6.90. The van der Waals surface area contributed by atoms with Gasteiger partial charge in [0.15, 0.2) is 6.54 Å². The van der Waals surface area contributed by atoms with Crippen LogP contribution in [0.2, 0.25) is 0 Å². The van der Waals surface area contributed by atoms with E-state index < -0.39 is 0 Å². The van der Waals surface area contributed by atoms with Gasteiger partial charge in [-0.2, -0.15) is 0 Å².